The summed E-state index contributed by atoms with van der Waals surface area (Å²) in [5.41, 5.74) is 0. The Kier molecular flexibility index (Phi) is 3.94. The molecule has 0 aliphatic heterocycles. The van der Waals surface area contributed by atoms with Crippen LogP contribution in [0.2, 0.25) is 0 Å². The zero-order valence-corrected chi connectivity index (χ0v) is 5.18. The summed E-state index contributed by atoms with van der Waals surface area (Å²) in [5.74, 6) is 0.669. The van der Waals surface area contributed by atoms with Crippen molar-refractivity contribution in [1.82, 2.24) is 0 Å². The van der Waals surface area contributed by atoms with E-state index >= 15 is 0 Å². The van der Waals surface area contributed by atoms with Gasteiger partial charge in [0.2, 0.25) is 0 Å². The van der Waals surface area contributed by atoms with Crippen molar-refractivity contribution in [3.8, 4) is 0 Å². The van der Waals surface area contributed by atoms with Gasteiger partial charge in [-0.15, -0.1) is 0 Å². The highest BCUT2D eigenvalue weighted by Gasteiger charge is 1.81. The number of carbonyl (C=O) groups excluding carboxylic acids is 1. The topological polar surface area (TPSA) is 26.3 Å². The smallest absolute Gasteiger partial charge is 0.146 e. The summed E-state index contributed by atoms with van der Waals surface area (Å²) in [5, 5.41) is 0. The highest BCUT2D eigenvalue weighted by Crippen LogP contribution is 1.90. The highest BCUT2D eigenvalue weighted by molar-refractivity contribution is 5.65. The summed E-state index contributed by atoms with van der Waals surface area (Å²) < 4.78 is 4.91. The van der Waals surface area contributed by atoms with Crippen molar-refractivity contribution in [2.45, 2.75) is 13.8 Å². The van der Waals surface area contributed by atoms with Gasteiger partial charge in [0, 0.05) is 6.08 Å². The van der Waals surface area contributed by atoms with Gasteiger partial charge in [0.25, 0.3) is 0 Å². The van der Waals surface area contributed by atoms with E-state index in [-0.39, 0.29) is 0 Å². The van der Waals surface area contributed by atoms with Crippen LogP contribution in [0.4, 0.5) is 0 Å². The van der Waals surface area contributed by atoms with E-state index < -0.39 is 0 Å². The Hall–Kier alpha value is -0.790. The minimum atomic E-state index is 0.621. The molecule has 0 bridgehead atoms. The van der Waals surface area contributed by atoms with Gasteiger partial charge in [0.15, 0.2) is 0 Å². The van der Waals surface area contributed by atoms with Gasteiger partial charge in [0.05, 0.1) is 12.4 Å². The molecule has 0 amide bonds. The van der Waals surface area contributed by atoms with Gasteiger partial charge in [-0.05, 0) is 13.8 Å². The fourth-order valence-corrected chi connectivity index (χ4v) is 0.372. The Bertz CT molecular complexity index is 94.7. The number of allylic oxidation sites excluding steroid dienone is 2. The average molecular weight is 114 g/mol. The normalized spacial score (nSPS) is 11.0. The first kappa shape index (κ1) is 7.21. The molecule has 0 aromatic heterocycles. The minimum Gasteiger partial charge on any atom is -0.498 e. The molecule has 46 valence electrons. The molecule has 2 heteroatoms. The maximum absolute atomic E-state index is 9.73. The van der Waals surface area contributed by atoms with E-state index in [1.807, 2.05) is 6.92 Å². The summed E-state index contributed by atoms with van der Waals surface area (Å²) in [6.45, 7) is 4.25. The molecule has 0 radical (unpaired) electrons. The molecule has 0 heterocycles. The van der Waals surface area contributed by atoms with E-state index in [4.69, 9.17) is 4.74 Å². The van der Waals surface area contributed by atoms with Gasteiger partial charge in [-0.25, -0.2) is 0 Å². The number of hydrogen-bond acceptors (Lipinski definition) is 2. The molecule has 0 saturated heterocycles. The number of carbonyl (C=O) groups is 1. The third kappa shape index (κ3) is 3.40. The lowest BCUT2D eigenvalue weighted by Gasteiger charge is -1.97. The van der Waals surface area contributed by atoms with E-state index in [2.05, 4.69) is 0 Å². The number of ether oxygens (including phenoxy) is 1. The van der Waals surface area contributed by atoms with Gasteiger partial charge < -0.3 is 4.74 Å². The van der Waals surface area contributed by atoms with Gasteiger partial charge in [-0.1, -0.05) is 0 Å². The minimum absolute atomic E-state index is 0.621. The van der Waals surface area contributed by atoms with E-state index in [1.54, 1.807) is 6.92 Å². The van der Waals surface area contributed by atoms with Crippen LogP contribution in [0.1, 0.15) is 13.8 Å². The second kappa shape index (κ2) is 4.37. The largest absolute Gasteiger partial charge is 0.498 e. The van der Waals surface area contributed by atoms with Crippen LogP contribution < -0.4 is 0 Å². The third-order valence-corrected chi connectivity index (χ3v) is 0.675. The molecule has 0 spiro atoms. The van der Waals surface area contributed by atoms with Crippen LogP contribution in [0.5, 0.6) is 0 Å². The lowest BCUT2D eigenvalue weighted by atomic mass is 10.5. The Morgan fingerprint density at radius 2 is 2.38 bits per heavy atom. The first-order valence-corrected chi connectivity index (χ1v) is 2.56. The van der Waals surface area contributed by atoms with Crippen molar-refractivity contribution in [3.05, 3.63) is 11.8 Å². The van der Waals surface area contributed by atoms with Gasteiger partial charge in [-0.3, -0.25) is 4.79 Å². The summed E-state index contributed by atoms with van der Waals surface area (Å²) >= 11 is 0. The van der Waals surface area contributed by atoms with Gasteiger partial charge in [-0.2, -0.15) is 0 Å². The first-order chi connectivity index (χ1) is 3.81. The van der Waals surface area contributed by atoms with Crippen LogP contribution in [0.3, 0.4) is 0 Å². The number of rotatable bonds is 3. The highest BCUT2D eigenvalue weighted by atomic mass is 16.5. The molecule has 0 aromatic carbocycles. The van der Waals surface area contributed by atoms with Crippen LogP contribution in [0.25, 0.3) is 0 Å². The molecule has 8 heavy (non-hydrogen) atoms. The van der Waals surface area contributed by atoms with Crippen molar-refractivity contribution >= 4 is 6.29 Å². The number of hydrogen-bond donors (Lipinski definition) is 0. The van der Waals surface area contributed by atoms with E-state index in [0.717, 1.165) is 0 Å². The Morgan fingerprint density at radius 3 is 2.75 bits per heavy atom. The van der Waals surface area contributed by atoms with Gasteiger partial charge >= 0.3 is 0 Å². The van der Waals surface area contributed by atoms with Crippen LogP contribution in [0, 0.1) is 0 Å². The fourth-order valence-electron chi connectivity index (χ4n) is 0.372. The van der Waals surface area contributed by atoms with E-state index in [0.29, 0.717) is 18.7 Å². The standard InChI is InChI=1S/C6H10O2/c1-3-8-6(2)4-5-7/h4-5H,3H2,1-2H3/b6-4-. The summed E-state index contributed by atoms with van der Waals surface area (Å²) in [4.78, 5) is 9.73. The maximum Gasteiger partial charge on any atom is 0.146 e. The first-order valence-electron chi connectivity index (χ1n) is 2.56. The molecular formula is C6H10O2. The quantitative estimate of drug-likeness (QED) is 0.312. The maximum atomic E-state index is 9.73. The van der Waals surface area contributed by atoms with Crippen molar-refractivity contribution in [3.63, 3.8) is 0 Å². The van der Waals surface area contributed by atoms with Crippen LogP contribution in [-0.4, -0.2) is 12.9 Å². The Labute approximate surface area is 49.1 Å². The van der Waals surface area contributed by atoms with Crippen LogP contribution >= 0.6 is 0 Å². The number of aldehydes is 1. The van der Waals surface area contributed by atoms with Gasteiger partial charge in [0.1, 0.15) is 6.29 Å². The molecule has 0 atom stereocenters. The van der Waals surface area contributed by atoms with Crippen LogP contribution in [-0.2, 0) is 9.53 Å². The average Bonchev–Trinajstić information content (AvgIpc) is 1.68. The zero-order chi connectivity index (χ0) is 6.41. The second-order valence-electron chi connectivity index (χ2n) is 1.35. The Balaban J connectivity index is 3.44. The molecule has 0 rings (SSSR count). The monoisotopic (exact) mass is 114 g/mol. The molecule has 0 saturated carbocycles. The van der Waals surface area contributed by atoms with Crippen molar-refractivity contribution in [2.75, 3.05) is 6.61 Å². The van der Waals surface area contributed by atoms with Crippen molar-refractivity contribution in [1.29, 1.82) is 0 Å². The van der Waals surface area contributed by atoms with E-state index in [9.17, 15) is 4.79 Å². The zero-order valence-electron chi connectivity index (χ0n) is 5.18. The van der Waals surface area contributed by atoms with Crippen molar-refractivity contribution < 1.29 is 9.53 Å². The molecule has 0 fully saturated rings. The molecule has 0 aliphatic rings. The van der Waals surface area contributed by atoms with E-state index in [1.165, 1.54) is 6.08 Å². The molecule has 0 N–H and O–H groups in total. The second-order valence-corrected chi connectivity index (χ2v) is 1.35. The SMILES string of the molecule is CCO/C(C)=C\C=O. The molecule has 0 aliphatic carbocycles. The summed E-state index contributed by atoms with van der Waals surface area (Å²) in [6, 6.07) is 0. The molecule has 2 nitrogen and oxygen atoms in total. The molecule has 0 unspecified atom stereocenters. The lowest BCUT2D eigenvalue weighted by Crippen LogP contribution is -1.85. The predicted molar refractivity (Wildman–Crippen MR) is 31.4 cm³/mol. The van der Waals surface area contributed by atoms with Crippen LogP contribution in [0.15, 0.2) is 11.8 Å². The molecule has 0 aromatic rings. The molecular weight excluding hydrogens is 104 g/mol. The summed E-state index contributed by atoms with van der Waals surface area (Å²) in [6.07, 6.45) is 2.11. The predicted octanol–water partition coefficient (Wildman–Crippen LogP) is 1.13. The Morgan fingerprint density at radius 1 is 1.75 bits per heavy atom. The third-order valence-electron chi connectivity index (χ3n) is 0.675. The summed E-state index contributed by atoms with van der Waals surface area (Å²) in [7, 11) is 0. The van der Waals surface area contributed by atoms with Crippen molar-refractivity contribution in [2.24, 2.45) is 0 Å². The fraction of sp³-hybridized carbons (Fsp3) is 0.500. The lowest BCUT2D eigenvalue weighted by molar-refractivity contribution is -0.104.